The number of nitrogens with zero attached hydrogens (tertiary/aromatic N) is 2. The quantitative estimate of drug-likeness (QED) is 0.789. The van der Waals surface area contributed by atoms with Crippen molar-refractivity contribution in [2.45, 2.75) is 27.2 Å². The number of hydrogen-bond donors (Lipinski definition) is 0. The molecule has 0 aliphatic rings. The average Bonchev–Trinajstić information content (AvgIpc) is 2.30. The Hall–Kier alpha value is -1.77. The second kappa shape index (κ2) is 4.62. The summed E-state index contributed by atoms with van der Waals surface area (Å²) < 4.78 is 14.0. The van der Waals surface area contributed by atoms with Crippen LogP contribution in [0.15, 0.2) is 18.2 Å². The molecule has 17 heavy (non-hydrogen) atoms. The van der Waals surface area contributed by atoms with E-state index in [0.717, 1.165) is 28.9 Å². The van der Waals surface area contributed by atoms with Crippen LogP contribution < -0.4 is 0 Å². The normalized spacial score (nSPS) is 10.6. The largest absolute Gasteiger partial charge is 0.230 e. The third-order valence-corrected chi connectivity index (χ3v) is 2.87. The van der Waals surface area contributed by atoms with Crippen LogP contribution in [-0.2, 0) is 6.42 Å². The molecule has 1 radical (unpaired) electrons. The van der Waals surface area contributed by atoms with E-state index in [0.29, 0.717) is 5.56 Å². The molecule has 0 atom stereocenters. The van der Waals surface area contributed by atoms with E-state index < -0.39 is 0 Å². The fraction of sp³-hybridized carbons (Fsp3) is 0.286. The van der Waals surface area contributed by atoms with Gasteiger partial charge in [-0.1, -0.05) is 19.1 Å². The first-order valence-corrected chi connectivity index (χ1v) is 5.63. The average molecular weight is 229 g/mol. The third kappa shape index (κ3) is 2.18. The summed E-state index contributed by atoms with van der Waals surface area (Å²) in [5.74, 6) is -0.217. The van der Waals surface area contributed by atoms with Gasteiger partial charge in [-0.15, -0.1) is 0 Å². The van der Waals surface area contributed by atoms with E-state index >= 15 is 0 Å². The van der Waals surface area contributed by atoms with E-state index in [2.05, 4.69) is 16.3 Å². The molecule has 0 aliphatic heterocycles. The van der Waals surface area contributed by atoms with Gasteiger partial charge in [0.25, 0.3) is 0 Å². The molecule has 0 saturated heterocycles. The summed E-state index contributed by atoms with van der Waals surface area (Å²) in [5, 5.41) is 0. The molecule has 1 aromatic carbocycles. The Labute approximate surface area is 101 Å². The van der Waals surface area contributed by atoms with Gasteiger partial charge in [-0.05, 0) is 31.9 Å². The number of hydrogen-bond acceptors (Lipinski definition) is 2. The molecule has 0 saturated carbocycles. The zero-order valence-electron chi connectivity index (χ0n) is 10.2. The SMILES string of the molecule is CCc1ccc(-c2c(C)n[c]nc2C)c(F)c1. The Morgan fingerprint density at radius 2 is 1.82 bits per heavy atom. The van der Waals surface area contributed by atoms with Crippen LogP contribution in [0.25, 0.3) is 11.1 Å². The van der Waals surface area contributed by atoms with Gasteiger partial charge in [0.15, 0.2) is 6.33 Å². The highest BCUT2D eigenvalue weighted by Gasteiger charge is 2.12. The molecule has 0 bridgehead atoms. The Kier molecular flexibility index (Phi) is 3.18. The maximum Gasteiger partial charge on any atom is 0.198 e. The topological polar surface area (TPSA) is 25.8 Å². The second-order valence-electron chi connectivity index (χ2n) is 4.04. The Morgan fingerprint density at radius 3 is 2.35 bits per heavy atom. The van der Waals surface area contributed by atoms with Crippen LogP contribution in [0.4, 0.5) is 4.39 Å². The molecular weight excluding hydrogens is 215 g/mol. The van der Waals surface area contributed by atoms with Gasteiger partial charge in [-0.25, -0.2) is 14.4 Å². The van der Waals surface area contributed by atoms with Crippen LogP contribution >= 0.6 is 0 Å². The standard InChI is InChI=1S/C14H14FN2/c1-4-11-5-6-12(13(15)7-11)14-9(2)16-8-17-10(14)3/h5-7H,4H2,1-3H3. The highest BCUT2D eigenvalue weighted by molar-refractivity contribution is 5.68. The number of rotatable bonds is 2. The van der Waals surface area contributed by atoms with Crippen molar-refractivity contribution in [3.63, 3.8) is 0 Å². The minimum atomic E-state index is -0.217. The first-order valence-electron chi connectivity index (χ1n) is 5.63. The highest BCUT2D eigenvalue weighted by Crippen LogP contribution is 2.27. The number of benzene rings is 1. The van der Waals surface area contributed by atoms with Crippen LogP contribution in [0.5, 0.6) is 0 Å². The molecule has 0 fully saturated rings. The van der Waals surface area contributed by atoms with E-state index in [-0.39, 0.29) is 5.82 Å². The van der Waals surface area contributed by atoms with Crippen molar-refractivity contribution < 1.29 is 4.39 Å². The van der Waals surface area contributed by atoms with Gasteiger partial charge in [-0.2, -0.15) is 0 Å². The minimum absolute atomic E-state index is 0.217. The lowest BCUT2D eigenvalue weighted by atomic mass is 10.00. The van der Waals surface area contributed by atoms with E-state index in [9.17, 15) is 4.39 Å². The lowest BCUT2D eigenvalue weighted by Crippen LogP contribution is -1.97. The molecule has 0 unspecified atom stereocenters. The molecule has 0 spiro atoms. The summed E-state index contributed by atoms with van der Waals surface area (Å²) in [6.07, 6.45) is 3.39. The summed E-state index contributed by atoms with van der Waals surface area (Å²) in [6.45, 7) is 5.69. The summed E-state index contributed by atoms with van der Waals surface area (Å²) in [6, 6.07) is 5.31. The first-order chi connectivity index (χ1) is 8.13. The predicted molar refractivity (Wildman–Crippen MR) is 65.1 cm³/mol. The van der Waals surface area contributed by atoms with Crippen molar-refractivity contribution in [3.05, 3.63) is 47.3 Å². The van der Waals surface area contributed by atoms with E-state index in [4.69, 9.17) is 0 Å². The maximum atomic E-state index is 14.0. The number of halogens is 1. The molecule has 0 amide bonds. The van der Waals surface area contributed by atoms with E-state index in [1.807, 2.05) is 26.8 Å². The molecule has 87 valence electrons. The van der Waals surface area contributed by atoms with E-state index in [1.54, 1.807) is 12.1 Å². The lowest BCUT2D eigenvalue weighted by Gasteiger charge is -2.09. The molecule has 0 N–H and O–H groups in total. The maximum absolute atomic E-state index is 14.0. The van der Waals surface area contributed by atoms with Crippen LogP contribution in [0, 0.1) is 26.0 Å². The zero-order chi connectivity index (χ0) is 12.4. The van der Waals surface area contributed by atoms with Crippen molar-refractivity contribution in [3.8, 4) is 11.1 Å². The van der Waals surface area contributed by atoms with Crippen LogP contribution in [0.2, 0.25) is 0 Å². The first kappa shape index (κ1) is 11.7. The predicted octanol–water partition coefficient (Wildman–Crippen LogP) is 3.26. The number of aryl methyl sites for hydroxylation is 3. The van der Waals surface area contributed by atoms with Crippen molar-refractivity contribution in [1.29, 1.82) is 0 Å². The molecule has 3 heteroatoms. The molecule has 1 heterocycles. The summed E-state index contributed by atoms with van der Waals surface area (Å²) in [7, 11) is 0. The molecule has 2 aromatic rings. The van der Waals surface area contributed by atoms with Gasteiger partial charge in [0, 0.05) is 22.5 Å². The van der Waals surface area contributed by atoms with Gasteiger partial charge in [0.1, 0.15) is 5.82 Å². The molecule has 2 rings (SSSR count). The monoisotopic (exact) mass is 229 g/mol. The lowest BCUT2D eigenvalue weighted by molar-refractivity contribution is 0.628. The van der Waals surface area contributed by atoms with Crippen LogP contribution in [-0.4, -0.2) is 9.97 Å². The molecular formula is C14H14FN2. The van der Waals surface area contributed by atoms with Crippen molar-refractivity contribution in [2.75, 3.05) is 0 Å². The Balaban J connectivity index is 2.61. The van der Waals surface area contributed by atoms with Crippen LogP contribution in [0.3, 0.4) is 0 Å². The molecule has 2 nitrogen and oxygen atoms in total. The second-order valence-corrected chi connectivity index (χ2v) is 4.04. The van der Waals surface area contributed by atoms with Crippen molar-refractivity contribution >= 4 is 0 Å². The third-order valence-electron chi connectivity index (χ3n) is 2.87. The van der Waals surface area contributed by atoms with Gasteiger partial charge in [0.05, 0.1) is 0 Å². The van der Waals surface area contributed by atoms with Crippen molar-refractivity contribution in [1.82, 2.24) is 9.97 Å². The van der Waals surface area contributed by atoms with Gasteiger partial charge < -0.3 is 0 Å². The minimum Gasteiger partial charge on any atom is -0.230 e. The Morgan fingerprint density at radius 1 is 1.18 bits per heavy atom. The van der Waals surface area contributed by atoms with Gasteiger partial charge in [-0.3, -0.25) is 0 Å². The van der Waals surface area contributed by atoms with Gasteiger partial charge >= 0.3 is 0 Å². The van der Waals surface area contributed by atoms with Crippen molar-refractivity contribution in [2.24, 2.45) is 0 Å². The number of aromatic nitrogens is 2. The highest BCUT2D eigenvalue weighted by atomic mass is 19.1. The summed E-state index contributed by atoms with van der Waals surface area (Å²) >= 11 is 0. The Bertz CT molecular complexity index is 530. The fourth-order valence-electron chi connectivity index (χ4n) is 1.92. The smallest absolute Gasteiger partial charge is 0.198 e. The molecule has 0 aliphatic carbocycles. The summed E-state index contributed by atoms with van der Waals surface area (Å²) in [5.41, 5.74) is 3.82. The van der Waals surface area contributed by atoms with Gasteiger partial charge in [0.2, 0.25) is 0 Å². The fourth-order valence-corrected chi connectivity index (χ4v) is 1.92. The molecule has 1 aromatic heterocycles. The summed E-state index contributed by atoms with van der Waals surface area (Å²) in [4.78, 5) is 7.99. The zero-order valence-corrected chi connectivity index (χ0v) is 10.2. The van der Waals surface area contributed by atoms with E-state index in [1.165, 1.54) is 0 Å². The van der Waals surface area contributed by atoms with Crippen LogP contribution in [0.1, 0.15) is 23.9 Å².